The van der Waals surface area contributed by atoms with Crippen LogP contribution in [0, 0.1) is 11.8 Å². The molecular weight excluding hydrogens is 244 g/mol. The van der Waals surface area contributed by atoms with Gasteiger partial charge in [0.1, 0.15) is 0 Å². The van der Waals surface area contributed by atoms with Crippen molar-refractivity contribution in [1.29, 1.82) is 0 Å². The molecular formula is C14H26O3Si. The summed E-state index contributed by atoms with van der Waals surface area (Å²) in [6.07, 6.45) is 6.84. The lowest BCUT2D eigenvalue weighted by molar-refractivity contribution is -0.146. The lowest BCUT2D eigenvalue weighted by Gasteiger charge is -2.38. The molecule has 0 radical (unpaired) electrons. The second-order valence-electron chi connectivity index (χ2n) is 6.53. The molecule has 1 N–H and O–H groups in total. The summed E-state index contributed by atoms with van der Waals surface area (Å²) < 4.78 is 4.82. The Morgan fingerprint density at radius 3 is 2.61 bits per heavy atom. The lowest BCUT2D eigenvalue weighted by Crippen LogP contribution is -2.40. The smallest absolute Gasteiger partial charge is 0.308 e. The molecule has 2 atom stereocenters. The molecule has 18 heavy (non-hydrogen) atoms. The van der Waals surface area contributed by atoms with E-state index in [4.69, 9.17) is 4.74 Å². The second-order valence-corrected chi connectivity index (χ2v) is 11.0. The molecule has 0 saturated carbocycles. The first-order chi connectivity index (χ1) is 8.17. The molecule has 1 rings (SSSR count). The van der Waals surface area contributed by atoms with E-state index in [9.17, 15) is 9.59 Å². The van der Waals surface area contributed by atoms with Gasteiger partial charge in [0.25, 0.3) is 0 Å². The van der Waals surface area contributed by atoms with E-state index in [-0.39, 0.29) is 16.9 Å². The maximum atomic E-state index is 11.6. The summed E-state index contributed by atoms with van der Waals surface area (Å²) in [6.45, 7) is 8.23. The fourth-order valence-corrected chi connectivity index (χ4v) is 3.15. The molecule has 1 aliphatic rings. The Kier molecular flexibility index (Phi) is 4.78. The molecule has 0 unspecified atom stereocenters. The summed E-state index contributed by atoms with van der Waals surface area (Å²) in [4.78, 5) is 21.9. The van der Waals surface area contributed by atoms with Crippen LogP contribution in [0.2, 0.25) is 18.1 Å². The number of rotatable bonds is 4. The minimum Gasteiger partial charge on any atom is -0.469 e. The van der Waals surface area contributed by atoms with Crippen LogP contribution in [0.4, 0.5) is 0 Å². The summed E-state index contributed by atoms with van der Waals surface area (Å²) in [5, 5.41) is -0.0417. The van der Waals surface area contributed by atoms with Gasteiger partial charge in [0.05, 0.1) is 13.0 Å². The highest BCUT2D eigenvalue weighted by atomic mass is 28.4. The first kappa shape index (κ1) is 15.4. The molecule has 0 saturated heterocycles. The van der Waals surface area contributed by atoms with Crippen LogP contribution in [0.25, 0.3) is 0 Å². The first-order valence-electron chi connectivity index (χ1n) is 6.64. The van der Waals surface area contributed by atoms with Crippen molar-refractivity contribution in [3.05, 3.63) is 12.2 Å². The van der Waals surface area contributed by atoms with Gasteiger partial charge >= 0.3 is 5.97 Å². The standard InChI is InChI=1S/C14H26O3Si/c1-14(2,18(4,5)16)10-11-7-6-8-12(9-11)13(15)17-3/h6-7,11-12,16H,8-10H2,1-5H3/t11-,12+/m0/s1. The van der Waals surface area contributed by atoms with Crippen LogP contribution in [0.3, 0.4) is 0 Å². The molecule has 0 spiro atoms. The van der Waals surface area contributed by atoms with Gasteiger partial charge in [-0.2, -0.15) is 0 Å². The Labute approximate surface area is 111 Å². The number of ether oxygens (including phenoxy) is 1. The van der Waals surface area contributed by atoms with Gasteiger partial charge in [-0.25, -0.2) is 0 Å². The monoisotopic (exact) mass is 270 g/mol. The van der Waals surface area contributed by atoms with Crippen molar-refractivity contribution < 1.29 is 14.3 Å². The van der Waals surface area contributed by atoms with Crippen molar-refractivity contribution in [2.75, 3.05) is 7.11 Å². The molecule has 104 valence electrons. The number of esters is 1. The molecule has 0 aromatic carbocycles. The number of allylic oxidation sites excluding steroid dienone is 2. The lowest BCUT2D eigenvalue weighted by atomic mass is 9.82. The van der Waals surface area contributed by atoms with Crippen molar-refractivity contribution in [3.8, 4) is 0 Å². The largest absolute Gasteiger partial charge is 0.469 e. The van der Waals surface area contributed by atoms with Crippen LogP contribution in [-0.2, 0) is 9.53 Å². The average Bonchev–Trinajstić information content (AvgIpc) is 2.26. The highest BCUT2D eigenvalue weighted by molar-refractivity contribution is 6.72. The molecule has 4 heteroatoms. The zero-order valence-corrected chi connectivity index (χ0v) is 13.2. The number of methoxy groups -OCH3 is 1. The van der Waals surface area contributed by atoms with Gasteiger partial charge in [0, 0.05) is 0 Å². The number of hydrogen-bond acceptors (Lipinski definition) is 3. The summed E-state index contributed by atoms with van der Waals surface area (Å²) in [5.74, 6) is 0.253. The summed E-state index contributed by atoms with van der Waals surface area (Å²) >= 11 is 0. The van der Waals surface area contributed by atoms with Gasteiger partial charge in [-0.15, -0.1) is 0 Å². The van der Waals surface area contributed by atoms with E-state index < -0.39 is 8.32 Å². The Hall–Kier alpha value is -0.613. The predicted molar refractivity (Wildman–Crippen MR) is 75.7 cm³/mol. The van der Waals surface area contributed by atoms with E-state index in [0.717, 1.165) is 19.3 Å². The molecule has 0 aromatic rings. The third-order valence-electron chi connectivity index (χ3n) is 4.38. The number of hydrogen-bond donors (Lipinski definition) is 1. The van der Waals surface area contributed by atoms with E-state index in [1.54, 1.807) is 0 Å². The minimum atomic E-state index is -2.18. The molecule has 0 bridgehead atoms. The van der Waals surface area contributed by atoms with Crippen molar-refractivity contribution >= 4 is 14.3 Å². The van der Waals surface area contributed by atoms with Crippen LogP contribution in [-0.4, -0.2) is 26.2 Å². The predicted octanol–water partition coefficient (Wildman–Crippen LogP) is 3.11. The Morgan fingerprint density at radius 1 is 1.50 bits per heavy atom. The van der Waals surface area contributed by atoms with E-state index >= 15 is 0 Å². The van der Waals surface area contributed by atoms with Crippen molar-refractivity contribution in [2.45, 2.75) is 51.2 Å². The SMILES string of the molecule is COC(=O)[C@@H]1CC=C[C@H](CC(C)(C)[Si](C)(C)O)C1. The first-order valence-corrected chi connectivity index (χ1v) is 9.59. The fourth-order valence-electron chi connectivity index (χ4n) is 2.39. The van der Waals surface area contributed by atoms with Crippen molar-refractivity contribution in [3.63, 3.8) is 0 Å². The quantitative estimate of drug-likeness (QED) is 0.485. The Morgan fingerprint density at radius 2 is 2.11 bits per heavy atom. The van der Waals surface area contributed by atoms with Gasteiger partial charge in [-0.1, -0.05) is 26.0 Å². The third kappa shape index (κ3) is 3.69. The van der Waals surface area contributed by atoms with Crippen LogP contribution in [0.1, 0.15) is 33.1 Å². The zero-order valence-electron chi connectivity index (χ0n) is 12.2. The maximum absolute atomic E-state index is 11.6. The van der Waals surface area contributed by atoms with Crippen LogP contribution < -0.4 is 0 Å². The Bertz CT molecular complexity index is 328. The van der Waals surface area contributed by atoms with Crippen molar-refractivity contribution in [2.24, 2.45) is 11.8 Å². The van der Waals surface area contributed by atoms with Crippen LogP contribution >= 0.6 is 0 Å². The van der Waals surface area contributed by atoms with E-state index in [0.29, 0.717) is 5.92 Å². The topological polar surface area (TPSA) is 46.5 Å². The van der Waals surface area contributed by atoms with E-state index in [1.165, 1.54) is 7.11 Å². The molecule has 1 aliphatic carbocycles. The summed E-state index contributed by atoms with van der Waals surface area (Å²) in [5.41, 5.74) is 0. The summed E-state index contributed by atoms with van der Waals surface area (Å²) in [7, 11) is -0.729. The molecule has 0 aliphatic heterocycles. The third-order valence-corrected chi connectivity index (χ3v) is 7.90. The minimum absolute atomic E-state index is 0.00993. The van der Waals surface area contributed by atoms with Crippen LogP contribution in [0.5, 0.6) is 0 Å². The van der Waals surface area contributed by atoms with Crippen molar-refractivity contribution in [1.82, 2.24) is 0 Å². The second kappa shape index (κ2) is 5.57. The molecule has 3 nitrogen and oxygen atoms in total. The maximum Gasteiger partial charge on any atom is 0.308 e. The normalized spacial score (nSPS) is 25.0. The molecule has 0 fully saturated rings. The van der Waals surface area contributed by atoms with Gasteiger partial charge in [0.2, 0.25) is 0 Å². The highest BCUT2D eigenvalue weighted by Crippen LogP contribution is 2.44. The summed E-state index contributed by atoms with van der Waals surface area (Å²) in [6, 6.07) is 0. The molecule has 0 aromatic heterocycles. The van der Waals surface area contributed by atoms with Gasteiger partial charge in [-0.05, 0) is 43.3 Å². The fraction of sp³-hybridized carbons (Fsp3) is 0.786. The van der Waals surface area contributed by atoms with Crippen LogP contribution in [0.15, 0.2) is 12.2 Å². The highest BCUT2D eigenvalue weighted by Gasteiger charge is 2.40. The number of carbonyl (C=O) groups excluding carboxylic acids is 1. The van der Waals surface area contributed by atoms with Gasteiger partial charge < -0.3 is 9.53 Å². The average molecular weight is 270 g/mol. The molecule has 0 heterocycles. The van der Waals surface area contributed by atoms with E-state index in [2.05, 4.69) is 26.0 Å². The van der Waals surface area contributed by atoms with Gasteiger partial charge in [-0.3, -0.25) is 4.79 Å². The number of carbonyl (C=O) groups is 1. The van der Waals surface area contributed by atoms with E-state index in [1.807, 2.05) is 13.1 Å². The van der Waals surface area contributed by atoms with Gasteiger partial charge in [0.15, 0.2) is 8.32 Å². The molecule has 0 amide bonds. The zero-order chi connectivity index (χ0) is 14.0. The Balaban J connectivity index is 2.67.